The molecular weight excluding hydrogens is 346 g/mol. The number of rotatable bonds is 2. The van der Waals surface area contributed by atoms with Crippen molar-refractivity contribution in [3.63, 3.8) is 0 Å². The van der Waals surface area contributed by atoms with Crippen molar-refractivity contribution in [1.82, 2.24) is 0 Å². The molecule has 0 fully saturated rings. The molecule has 2 aromatic carbocycles. The summed E-state index contributed by atoms with van der Waals surface area (Å²) in [5.74, 6) is -0.489. The van der Waals surface area contributed by atoms with Crippen LogP contribution in [0.15, 0.2) is 36.4 Å². The second kappa shape index (κ2) is 5.96. The van der Waals surface area contributed by atoms with Gasteiger partial charge in [-0.05, 0) is 42.8 Å². The first-order valence-electron chi connectivity index (χ1n) is 6.21. The van der Waals surface area contributed by atoms with Gasteiger partial charge < -0.3 is 4.74 Å². The van der Waals surface area contributed by atoms with E-state index in [2.05, 4.69) is 0 Å². The number of ether oxygens (including phenoxy) is 1. The van der Waals surface area contributed by atoms with Gasteiger partial charge in [-0.25, -0.2) is 0 Å². The highest BCUT2D eigenvalue weighted by atomic mass is 35.5. The molecule has 0 unspecified atom stereocenters. The molecule has 0 heterocycles. The normalized spacial score (nSPS) is 12.3. The molecule has 0 atom stereocenters. The Morgan fingerprint density at radius 3 is 1.78 bits per heavy atom. The monoisotopic (exact) mass is 354 g/mol. The van der Waals surface area contributed by atoms with Crippen LogP contribution in [0.25, 0.3) is 0 Å². The summed E-state index contributed by atoms with van der Waals surface area (Å²) >= 11 is 5.47. The van der Waals surface area contributed by atoms with Gasteiger partial charge in [-0.3, -0.25) is 0 Å². The van der Waals surface area contributed by atoms with Gasteiger partial charge in [-0.1, -0.05) is 17.7 Å². The van der Waals surface area contributed by atoms with Crippen LogP contribution in [0.2, 0.25) is 5.02 Å². The van der Waals surface area contributed by atoms with E-state index in [0.29, 0.717) is 6.07 Å². The van der Waals surface area contributed by atoms with Crippen LogP contribution in [-0.2, 0) is 12.4 Å². The molecule has 124 valence electrons. The molecule has 23 heavy (non-hydrogen) atoms. The number of hydrogen-bond donors (Lipinski definition) is 0. The molecule has 0 saturated carbocycles. The minimum Gasteiger partial charge on any atom is -0.457 e. The van der Waals surface area contributed by atoms with E-state index >= 15 is 0 Å². The second-order valence-electron chi connectivity index (χ2n) is 4.72. The minimum atomic E-state index is -4.69. The highest BCUT2D eigenvalue weighted by Gasteiger charge is 2.34. The van der Waals surface area contributed by atoms with Gasteiger partial charge in [0.2, 0.25) is 0 Å². The fraction of sp³-hybridized carbons (Fsp3) is 0.200. The van der Waals surface area contributed by atoms with E-state index in [-0.39, 0.29) is 17.1 Å². The van der Waals surface area contributed by atoms with Crippen LogP contribution < -0.4 is 4.74 Å². The summed E-state index contributed by atoms with van der Waals surface area (Å²) in [5.41, 5.74) is -2.06. The lowest BCUT2D eigenvalue weighted by atomic mass is 10.1. The predicted octanol–water partition coefficient (Wildman–Crippen LogP) is 6.48. The van der Waals surface area contributed by atoms with E-state index in [0.717, 1.165) is 18.2 Å². The maximum atomic E-state index is 12.8. The van der Waals surface area contributed by atoms with Crippen LogP contribution in [-0.4, -0.2) is 0 Å². The third kappa shape index (κ3) is 4.10. The van der Waals surface area contributed by atoms with E-state index in [1.165, 1.54) is 19.1 Å². The van der Waals surface area contributed by atoms with E-state index in [4.69, 9.17) is 16.3 Å². The summed E-state index contributed by atoms with van der Waals surface area (Å²) in [7, 11) is 0. The second-order valence-corrected chi connectivity index (χ2v) is 5.12. The van der Waals surface area contributed by atoms with Gasteiger partial charge in [0.05, 0.1) is 16.1 Å². The van der Waals surface area contributed by atoms with Gasteiger partial charge in [-0.15, -0.1) is 0 Å². The first-order chi connectivity index (χ1) is 10.5. The number of hydrogen-bond acceptors (Lipinski definition) is 1. The molecule has 8 heteroatoms. The molecule has 0 aliphatic heterocycles. The van der Waals surface area contributed by atoms with E-state index in [1.807, 2.05) is 0 Å². The highest BCUT2D eigenvalue weighted by molar-refractivity contribution is 6.31. The van der Waals surface area contributed by atoms with Gasteiger partial charge in [0, 0.05) is 0 Å². The molecule has 0 aliphatic carbocycles. The predicted molar refractivity (Wildman–Crippen MR) is 72.7 cm³/mol. The molecule has 0 saturated heterocycles. The first-order valence-corrected chi connectivity index (χ1v) is 6.59. The Hall–Kier alpha value is -1.89. The van der Waals surface area contributed by atoms with Crippen molar-refractivity contribution in [2.75, 3.05) is 0 Å². The van der Waals surface area contributed by atoms with Crippen molar-refractivity contribution in [2.45, 2.75) is 19.3 Å². The van der Waals surface area contributed by atoms with Crippen LogP contribution in [0.4, 0.5) is 26.3 Å². The van der Waals surface area contributed by atoms with Crippen molar-refractivity contribution in [3.05, 3.63) is 58.1 Å². The summed E-state index contributed by atoms with van der Waals surface area (Å²) < 4.78 is 81.8. The summed E-state index contributed by atoms with van der Waals surface area (Å²) in [6.07, 6.45) is -9.28. The maximum absolute atomic E-state index is 12.8. The molecule has 2 rings (SSSR count). The lowest BCUT2D eigenvalue weighted by Crippen LogP contribution is -2.08. The molecule has 2 aromatic rings. The van der Waals surface area contributed by atoms with Crippen molar-refractivity contribution in [3.8, 4) is 11.5 Å². The topological polar surface area (TPSA) is 9.23 Å². The molecule has 0 radical (unpaired) electrons. The Kier molecular flexibility index (Phi) is 4.52. The number of halogens is 7. The summed E-state index contributed by atoms with van der Waals surface area (Å²) in [4.78, 5) is 0. The molecule has 1 nitrogen and oxygen atoms in total. The standard InChI is InChI=1S/C15H9ClF6O/c1-8-2-3-9(6-11(8)14(17,18)19)23-10-4-5-13(16)12(7-10)15(20,21)22/h2-7H,1H3. The van der Waals surface area contributed by atoms with Crippen LogP contribution in [0.5, 0.6) is 11.5 Å². The molecule has 0 spiro atoms. The molecule has 0 bridgehead atoms. The third-order valence-electron chi connectivity index (χ3n) is 2.99. The Labute approximate surface area is 132 Å². The van der Waals surface area contributed by atoms with E-state index in [9.17, 15) is 26.3 Å². The van der Waals surface area contributed by atoms with E-state index < -0.39 is 28.5 Å². The van der Waals surface area contributed by atoms with Crippen molar-refractivity contribution in [1.29, 1.82) is 0 Å². The van der Waals surface area contributed by atoms with Gasteiger partial charge in [0.25, 0.3) is 0 Å². The van der Waals surface area contributed by atoms with Crippen molar-refractivity contribution in [2.24, 2.45) is 0 Å². The zero-order chi connectivity index (χ0) is 17.4. The summed E-state index contributed by atoms with van der Waals surface area (Å²) in [6, 6.07) is 5.90. The van der Waals surface area contributed by atoms with Gasteiger partial charge in [0.15, 0.2) is 0 Å². The zero-order valence-corrected chi connectivity index (χ0v) is 12.3. The molecule has 0 aromatic heterocycles. The molecule has 0 amide bonds. The lowest BCUT2D eigenvalue weighted by Gasteiger charge is -2.14. The largest absolute Gasteiger partial charge is 0.457 e. The fourth-order valence-electron chi connectivity index (χ4n) is 1.89. The van der Waals surface area contributed by atoms with Gasteiger partial charge >= 0.3 is 12.4 Å². The van der Waals surface area contributed by atoms with Crippen molar-refractivity contribution < 1.29 is 31.1 Å². The number of alkyl halides is 6. The van der Waals surface area contributed by atoms with E-state index in [1.54, 1.807) is 0 Å². The molecular formula is C15H9ClF6O. The fourth-order valence-corrected chi connectivity index (χ4v) is 2.12. The number of aryl methyl sites for hydroxylation is 1. The average molecular weight is 355 g/mol. The van der Waals surface area contributed by atoms with Crippen molar-refractivity contribution >= 4 is 11.6 Å². The first kappa shape index (κ1) is 17.5. The summed E-state index contributed by atoms with van der Waals surface area (Å²) in [6.45, 7) is 1.27. The van der Waals surface area contributed by atoms with Crippen LogP contribution >= 0.6 is 11.6 Å². The third-order valence-corrected chi connectivity index (χ3v) is 3.32. The van der Waals surface area contributed by atoms with Crippen LogP contribution in [0, 0.1) is 6.92 Å². The highest BCUT2D eigenvalue weighted by Crippen LogP contribution is 2.39. The Bertz CT molecular complexity index is 659. The smallest absolute Gasteiger partial charge is 0.417 e. The molecule has 0 N–H and O–H groups in total. The lowest BCUT2D eigenvalue weighted by molar-refractivity contribution is -0.138. The Morgan fingerprint density at radius 1 is 0.783 bits per heavy atom. The summed E-state index contributed by atoms with van der Waals surface area (Å²) in [5, 5.41) is -0.523. The maximum Gasteiger partial charge on any atom is 0.417 e. The SMILES string of the molecule is Cc1ccc(Oc2ccc(Cl)c(C(F)(F)F)c2)cc1C(F)(F)F. The Balaban J connectivity index is 2.37. The van der Waals surface area contributed by atoms with Gasteiger partial charge in [0.1, 0.15) is 11.5 Å². The Morgan fingerprint density at radius 2 is 1.26 bits per heavy atom. The van der Waals surface area contributed by atoms with Gasteiger partial charge in [-0.2, -0.15) is 26.3 Å². The van der Waals surface area contributed by atoms with Crippen LogP contribution in [0.3, 0.4) is 0 Å². The molecule has 0 aliphatic rings. The zero-order valence-electron chi connectivity index (χ0n) is 11.5. The van der Waals surface area contributed by atoms with Crippen LogP contribution in [0.1, 0.15) is 16.7 Å². The minimum absolute atomic E-state index is 0.0167. The quantitative estimate of drug-likeness (QED) is 0.561. The average Bonchev–Trinajstić information content (AvgIpc) is 2.40. The number of benzene rings is 2.